The van der Waals surface area contributed by atoms with Gasteiger partial charge in [0.2, 0.25) is 0 Å². The Balaban J connectivity index is 1.83. The number of rotatable bonds is 5. The zero-order chi connectivity index (χ0) is 18.9. The molecule has 142 valence electrons. The van der Waals surface area contributed by atoms with Gasteiger partial charge in [-0.1, -0.05) is 13.3 Å². The van der Waals surface area contributed by atoms with Crippen molar-refractivity contribution >= 4 is 27.9 Å². The highest BCUT2D eigenvalue weighted by molar-refractivity contribution is 9.10. The molecular weight excluding hydrogens is 400 g/mol. The minimum atomic E-state index is -0.727. The second-order valence-electron chi connectivity index (χ2n) is 7.05. The Morgan fingerprint density at radius 2 is 1.85 bits per heavy atom. The summed E-state index contributed by atoms with van der Waals surface area (Å²) in [7, 11) is 3.14. The number of halogens is 1. The number of ether oxygens (including phenoxy) is 2. The average molecular weight is 425 g/mol. The van der Waals surface area contributed by atoms with Gasteiger partial charge in [-0.3, -0.25) is 9.69 Å². The first-order valence-corrected chi connectivity index (χ1v) is 9.78. The van der Waals surface area contributed by atoms with E-state index in [2.05, 4.69) is 28.2 Å². The summed E-state index contributed by atoms with van der Waals surface area (Å²) in [6, 6.07) is 3.26. The number of hydrogen-bond donors (Lipinski definition) is 1. The number of nitrogens with zero attached hydrogens (tertiary/aromatic N) is 1. The Morgan fingerprint density at radius 1 is 1.19 bits per heavy atom. The van der Waals surface area contributed by atoms with Crippen molar-refractivity contribution in [3.8, 4) is 11.5 Å². The van der Waals surface area contributed by atoms with Crippen LogP contribution in [-0.2, 0) is 11.3 Å². The molecule has 3 amide bonds. The molecule has 1 aliphatic heterocycles. The van der Waals surface area contributed by atoms with Gasteiger partial charge in [-0.15, -0.1) is 0 Å². The quantitative estimate of drug-likeness (QED) is 0.728. The van der Waals surface area contributed by atoms with E-state index in [0.717, 1.165) is 29.3 Å². The smallest absolute Gasteiger partial charge is 0.325 e. The normalized spacial score (nSPS) is 25.5. The second kappa shape index (κ2) is 7.47. The van der Waals surface area contributed by atoms with Gasteiger partial charge < -0.3 is 14.8 Å². The molecule has 1 N–H and O–H groups in total. The van der Waals surface area contributed by atoms with E-state index < -0.39 is 5.54 Å². The Morgan fingerprint density at radius 3 is 2.42 bits per heavy atom. The van der Waals surface area contributed by atoms with Crippen LogP contribution in [0.1, 0.15) is 44.6 Å². The summed E-state index contributed by atoms with van der Waals surface area (Å²) >= 11 is 3.42. The maximum Gasteiger partial charge on any atom is 0.325 e. The first-order chi connectivity index (χ1) is 12.4. The lowest BCUT2D eigenvalue weighted by Crippen LogP contribution is -2.49. The van der Waals surface area contributed by atoms with Crippen LogP contribution < -0.4 is 14.8 Å². The van der Waals surface area contributed by atoms with Crippen molar-refractivity contribution in [2.45, 2.75) is 51.1 Å². The third-order valence-corrected chi connectivity index (χ3v) is 6.28. The Hall–Kier alpha value is -1.76. The van der Waals surface area contributed by atoms with Gasteiger partial charge in [0.25, 0.3) is 5.91 Å². The van der Waals surface area contributed by atoms with Gasteiger partial charge in [0.15, 0.2) is 0 Å². The molecule has 6 nitrogen and oxygen atoms in total. The van der Waals surface area contributed by atoms with Crippen LogP contribution in [0.25, 0.3) is 0 Å². The monoisotopic (exact) mass is 424 g/mol. The minimum absolute atomic E-state index is 0.124. The predicted molar refractivity (Wildman–Crippen MR) is 101 cm³/mol. The number of imide groups is 1. The van der Waals surface area contributed by atoms with Crippen molar-refractivity contribution in [3.63, 3.8) is 0 Å². The molecule has 0 radical (unpaired) electrons. The van der Waals surface area contributed by atoms with Crippen molar-refractivity contribution in [1.82, 2.24) is 10.2 Å². The van der Waals surface area contributed by atoms with E-state index >= 15 is 0 Å². The molecular formula is C19H25BrN2O4. The Labute approximate surface area is 162 Å². The van der Waals surface area contributed by atoms with E-state index in [9.17, 15) is 9.59 Å². The van der Waals surface area contributed by atoms with Crippen molar-refractivity contribution in [3.05, 3.63) is 22.2 Å². The van der Waals surface area contributed by atoms with Crippen LogP contribution in [0, 0.1) is 5.92 Å². The number of benzene rings is 1. The molecule has 1 heterocycles. The maximum atomic E-state index is 13.1. The van der Waals surface area contributed by atoms with Crippen molar-refractivity contribution < 1.29 is 19.1 Å². The van der Waals surface area contributed by atoms with Crippen LogP contribution >= 0.6 is 15.9 Å². The summed E-state index contributed by atoms with van der Waals surface area (Å²) in [6.45, 7) is 2.34. The van der Waals surface area contributed by atoms with Gasteiger partial charge in [-0.25, -0.2) is 4.79 Å². The van der Waals surface area contributed by atoms with Crippen molar-refractivity contribution in [2.75, 3.05) is 14.2 Å². The molecule has 1 aromatic rings. The Kier molecular flexibility index (Phi) is 5.46. The van der Waals surface area contributed by atoms with Gasteiger partial charge >= 0.3 is 6.03 Å². The van der Waals surface area contributed by atoms with E-state index in [4.69, 9.17) is 9.47 Å². The molecule has 3 rings (SSSR count). The van der Waals surface area contributed by atoms with Gasteiger partial charge in [-0.05, 0) is 59.7 Å². The molecule has 2 fully saturated rings. The largest absolute Gasteiger partial charge is 0.496 e. The molecule has 26 heavy (non-hydrogen) atoms. The third-order valence-electron chi connectivity index (χ3n) is 5.67. The molecule has 0 aromatic heterocycles. The van der Waals surface area contributed by atoms with Gasteiger partial charge in [0.1, 0.15) is 17.0 Å². The number of carbonyl (C=O) groups is 2. The number of nitrogens with one attached hydrogen (secondary N) is 1. The fourth-order valence-corrected chi connectivity index (χ4v) is 4.44. The number of hydrogen-bond acceptors (Lipinski definition) is 4. The molecule has 1 aliphatic carbocycles. The van der Waals surface area contributed by atoms with Crippen LogP contribution in [-0.4, -0.2) is 36.6 Å². The number of methoxy groups -OCH3 is 2. The average Bonchev–Trinajstić information content (AvgIpc) is 2.87. The fraction of sp³-hybridized carbons (Fsp3) is 0.579. The molecule has 1 aromatic carbocycles. The standard InChI is InChI=1S/C19H25BrN2O4/c1-4-12-5-7-19(8-6-12)17(23)22(18(24)21-19)11-13-9-16(26-3)14(20)10-15(13)25-2/h9-10,12H,4-8,11H2,1-3H3,(H,21,24). The third kappa shape index (κ3) is 3.29. The van der Waals surface area contributed by atoms with E-state index in [-0.39, 0.29) is 18.5 Å². The summed E-state index contributed by atoms with van der Waals surface area (Å²) in [6.07, 6.45) is 4.51. The topological polar surface area (TPSA) is 67.9 Å². The van der Waals surface area contributed by atoms with Crippen molar-refractivity contribution in [2.24, 2.45) is 5.92 Å². The number of amides is 3. The Bertz CT molecular complexity index is 714. The summed E-state index contributed by atoms with van der Waals surface area (Å²) in [4.78, 5) is 26.9. The maximum absolute atomic E-state index is 13.1. The molecule has 2 aliphatic rings. The van der Waals surface area contributed by atoms with Gasteiger partial charge in [0.05, 0.1) is 25.2 Å². The van der Waals surface area contributed by atoms with Crippen LogP contribution in [0.2, 0.25) is 0 Å². The van der Waals surface area contributed by atoms with E-state index in [1.807, 2.05) is 0 Å². The van der Waals surface area contributed by atoms with Crippen molar-refractivity contribution in [1.29, 1.82) is 0 Å². The van der Waals surface area contributed by atoms with E-state index in [0.29, 0.717) is 30.3 Å². The summed E-state index contributed by atoms with van der Waals surface area (Å²) < 4.78 is 11.5. The molecule has 0 atom stereocenters. The van der Waals surface area contributed by atoms with Gasteiger partial charge in [0, 0.05) is 5.56 Å². The lowest BCUT2D eigenvalue weighted by atomic mass is 9.75. The first kappa shape index (κ1) is 19.0. The zero-order valence-corrected chi connectivity index (χ0v) is 17.0. The SMILES string of the molecule is CCC1CCC2(CC1)NC(=O)N(Cc1cc(OC)c(Br)cc1OC)C2=O. The van der Waals surface area contributed by atoms with Gasteiger partial charge in [-0.2, -0.15) is 0 Å². The molecule has 1 saturated heterocycles. The molecule has 0 unspecified atom stereocenters. The summed E-state index contributed by atoms with van der Waals surface area (Å²) in [5, 5.41) is 2.97. The number of urea groups is 1. The molecule has 0 bridgehead atoms. The van der Waals surface area contributed by atoms with E-state index in [1.165, 1.54) is 4.90 Å². The minimum Gasteiger partial charge on any atom is -0.496 e. The fourth-order valence-electron chi connectivity index (χ4n) is 3.95. The summed E-state index contributed by atoms with van der Waals surface area (Å²) in [5.74, 6) is 1.76. The molecule has 1 spiro atoms. The highest BCUT2D eigenvalue weighted by Gasteiger charge is 2.52. The van der Waals surface area contributed by atoms with Crippen LogP contribution in [0.3, 0.4) is 0 Å². The lowest BCUT2D eigenvalue weighted by Gasteiger charge is -2.34. The number of carbonyl (C=O) groups excluding carboxylic acids is 2. The zero-order valence-electron chi connectivity index (χ0n) is 15.4. The van der Waals surface area contributed by atoms with Crippen LogP contribution in [0.4, 0.5) is 4.79 Å². The van der Waals surface area contributed by atoms with Crippen LogP contribution in [0.5, 0.6) is 11.5 Å². The second-order valence-corrected chi connectivity index (χ2v) is 7.91. The highest BCUT2D eigenvalue weighted by Crippen LogP contribution is 2.39. The summed E-state index contributed by atoms with van der Waals surface area (Å²) in [5.41, 5.74) is 0.00505. The van der Waals surface area contributed by atoms with Crippen LogP contribution in [0.15, 0.2) is 16.6 Å². The highest BCUT2D eigenvalue weighted by atomic mass is 79.9. The predicted octanol–water partition coefficient (Wildman–Crippen LogP) is 3.86. The molecule has 1 saturated carbocycles. The van der Waals surface area contributed by atoms with E-state index in [1.54, 1.807) is 26.4 Å². The lowest BCUT2D eigenvalue weighted by molar-refractivity contribution is -0.133. The molecule has 7 heteroatoms. The first-order valence-electron chi connectivity index (χ1n) is 8.98.